The molecule has 5 rings (SSSR count). The van der Waals surface area contributed by atoms with Crippen LogP contribution in [0, 0.1) is 11.7 Å². The van der Waals surface area contributed by atoms with Gasteiger partial charge >= 0.3 is 5.97 Å². The van der Waals surface area contributed by atoms with Gasteiger partial charge in [-0.1, -0.05) is 36.4 Å². The highest BCUT2D eigenvalue weighted by Crippen LogP contribution is 2.32. The average Bonchev–Trinajstić information content (AvgIpc) is 3.14. The molecule has 2 aromatic heterocycles. The number of pyridine rings is 1. The Kier molecular flexibility index (Phi) is 5.21. The smallest absolute Gasteiger partial charge is 0.309 e. The van der Waals surface area contributed by atoms with Gasteiger partial charge in [0.25, 0.3) is 0 Å². The molecule has 0 bridgehead atoms. The van der Waals surface area contributed by atoms with Crippen molar-refractivity contribution in [1.82, 2.24) is 14.9 Å². The number of aromatic nitrogens is 2. The lowest BCUT2D eigenvalue weighted by Gasteiger charge is -2.36. The van der Waals surface area contributed by atoms with E-state index in [4.69, 9.17) is 5.11 Å². The predicted octanol–water partition coefficient (Wildman–Crippen LogP) is 4.60. The maximum absolute atomic E-state index is 14.8. The van der Waals surface area contributed by atoms with Crippen LogP contribution < -0.4 is 0 Å². The number of thiazole rings is 1. The third-order valence-corrected chi connectivity index (χ3v) is 6.56. The van der Waals surface area contributed by atoms with E-state index in [2.05, 4.69) is 22.1 Å². The van der Waals surface area contributed by atoms with Crippen LogP contribution in [0.3, 0.4) is 0 Å². The van der Waals surface area contributed by atoms with Crippen molar-refractivity contribution in [3.8, 4) is 10.6 Å². The monoisotopic (exact) mass is 433 g/mol. The van der Waals surface area contributed by atoms with E-state index in [-0.39, 0.29) is 11.7 Å². The Balaban J connectivity index is 1.33. The van der Waals surface area contributed by atoms with Crippen LogP contribution in [0.1, 0.15) is 16.8 Å². The van der Waals surface area contributed by atoms with Crippen molar-refractivity contribution in [2.75, 3.05) is 13.1 Å². The molecule has 1 saturated heterocycles. The molecule has 5 nitrogen and oxygen atoms in total. The number of hydrogen-bond acceptors (Lipinski definition) is 5. The molecule has 2 aromatic carbocycles. The first-order chi connectivity index (χ1) is 15.0. The standard InChI is InChI=1S/C24H20FN3O2S/c25-20-11-16(12-28-13-17(14-28)24(29)30)6-8-19(20)23-27-22-21(31-23)9-7-18(26-22)10-15-4-2-1-3-5-15/h1-9,11,17H,10,12-14H2,(H,29,30). The molecular weight excluding hydrogens is 413 g/mol. The summed E-state index contributed by atoms with van der Waals surface area (Å²) < 4.78 is 15.8. The van der Waals surface area contributed by atoms with Crippen LogP contribution in [0.5, 0.6) is 0 Å². The van der Waals surface area contributed by atoms with E-state index in [1.165, 1.54) is 23.0 Å². The van der Waals surface area contributed by atoms with Crippen LogP contribution in [-0.4, -0.2) is 39.0 Å². The molecule has 0 atom stereocenters. The van der Waals surface area contributed by atoms with Crippen molar-refractivity contribution in [2.45, 2.75) is 13.0 Å². The zero-order chi connectivity index (χ0) is 21.4. The summed E-state index contributed by atoms with van der Waals surface area (Å²) in [6, 6.07) is 19.3. The minimum atomic E-state index is -0.769. The van der Waals surface area contributed by atoms with Gasteiger partial charge in [-0.05, 0) is 35.4 Å². The number of halogens is 1. The summed E-state index contributed by atoms with van der Waals surface area (Å²) in [7, 11) is 0. The van der Waals surface area contributed by atoms with Gasteiger partial charge in [0.2, 0.25) is 0 Å². The Morgan fingerprint density at radius 2 is 1.87 bits per heavy atom. The van der Waals surface area contributed by atoms with E-state index >= 15 is 0 Å². The summed E-state index contributed by atoms with van der Waals surface area (Å²) >= 11 is 1.43. The topological polar surface area (TPSA) is 66.3 Å². The van der Waals surface area contributed by atoms with E-state index in [1.807, 2.05) is 41.3 Å². The van der Waals surface area contributed by atoms with E-state index in [1.54, 1.807) is 6.07 Å². The van der Waals surface area contributed by atoms with Crippen molar-refractivity contribution in [2.24, 2.45) is 5.92 Å². The lowest BCUT2D eigenvalue weighted by molar-refractivity contribution is -0.147. The summed E-state index contributed by atoms with van der Waals surface area (Å²) in [5.41, 5.74) is 4.04. The summed E-state index contributed by atoms with van der Waals surface area (Å²) in [6.07, 6.45) is 0.728. The number of hydrogen-bond donors (Lipinski definition) is 1. The van der Waals surface area contributed by atoms with Gasteiger partial charge in [-0.2, -0.15) is 0 Å². The van der Waals surface area contributed by atoms with Crippen molar-refractivity contribution >= 4 is 27.7 Å². The maximum atomic E-state index is 14.8. The van der Waals surface area contributed by atoms with Crippen LogP contribution >= 0.6 is 11.3 Å². The van der Waals surface area contributed by atoms with Gasteiger partial charge in [-0.3, -0.25) is 9.69 Å². The molecule has 1 N–H and O–H groups in total. The Morgan fingerprint density at radius 1 is 1.06 bits per heavy atom. The average molecular weight is 434 g/mol. The first-order valence-corrected chi connectivity index (χ1v) is 10.9. The van der Waals surface area contributed by atoms with Crippen molar-refractivity contribution in [3.05, 3.63) is 83.3 Å². The van der Waals surface area contributed by atoms with Gasteiger partial charge in [0, 0.05) is 37.3 Å². The number of aliphatic carboxylic acids is 1. The zero-order valence-electron chi connectivity index (χ0n) is 16.7. The van der Waals surface area contributed by atoms with E-state index < -0.39 is 5.97 Å². The number of nitrogens with zero attached hydrogens (tertiary/aromatic N) is 3. The van der Waals surface area contributed by atoms with Gasteiger partial charge in [0.05, 0.1) is 10.6 Å². The molecule has 0 unspecified atom stereocenters. The van der Waals surface area contributed by atoms with Gasteiger partial charge in [0.1, 0.15) is 10.8 Å². The fraction of sp³-hybridized carbons (Fsp3) is 0.208. The van der Waals surface area contributed by atoms with Gasteiger partial charge in [0.15, 0.2) is 5.65 Å². The molecule has 7 heteroatoms. The molecular formula is C24H20FN3O2S. The minimum Gasteiger partial charge on any atom is -0.481 e. The Labute approximate surface area is 182 Å². The Morgan fingerprint density at radius 3 is 2.61 bits per heavy atom. The zero-order valence-corrected chi connectivity index (χ0v) is 17.5. The molecule has 1 fully saturated rings. The minimum absolute atomic E-state index is 0.314. The summed E-state index contributed by atoms with van der Waals surface area (Å²) in [6.45, 7) is 1.56. The highest BCUT2D eigenvalue weighted by atomic mass is 32.1. The second-order valence-electron chi connectivity index (χ2n) is 7.85. The summed E-state index contributed by atoms with van der Waals surface area (Å²) in [5, 5.41) is 9.59. The fourth-order valence-corrected chi connectivity index (χ4v) is 4.75. The highest BCUT2D eigenvalue weighted by Gasteiger charge is 2.32. The van der Waals surface area contributed by atoms with E-state index in [9.17, 15) is 9.18 Å². The second-order valence-corrected chi connectivity index (χ2v) is 8.88. The van der Waals surface area contributed by atoms with E-state index in [0.717, 1.165) is 22.4 Å². The van der Waals surface area contributed by atoms with Crippen molar-refractivity contribution in [3.63, 3.8) is 0 Å². The summed E-state index contributed by atoms with van der Waals surface area (Å²) in [5.74, 6) is -1.41. The van der Waals surface area contributed by atoms with Gasteiger partial charge in [-0.25, -0.2) is 14.4 Å². The maximum Gasteiger partial charge on any atom is 0.309 e. The van der Waals surface area contributed by atoms with Gasteiger partial charge < -0.3 is 5.11 Å². The number of fused-ring (bicyclic) bond motifs is 1. The molecule has 1 aliphatic rings. The van der Waals surface area contributed by atoms with Crippen molar-refractivity contribution < 1.29 is 14.3 Å². The van der Waals surface area contributed by atoms with E-state index in [0.29, 0.717) is 35.9 Å². The SMILES string of the molecule is O=C(O)C1CN(Cc2ccc(-c3nc4nc(Cc5ccccc5)ccc4s3)c(F)c2)C1. The van der Waals surface area contributed by atoms with Crippen LogP contribution in [0.2, 0.25) is 0 Å². The van der Waals surface area contributed by atoms with Crippen LogP contribution in [0.25, 0.3) is 20.9 Å². The second kappa shape index (κ2) is 8.17. The van der Waals surface area contributed by atoms with Gasteiger partial charge in [-0.15, -0.1) is 11.3 Å². The number of rotatable bonds is 6. The molecule has 4 aromatic rings. The van der Waals surface area contributed by atoms with Crippen LogP contribution in [-0.2, 0) is 17.8 Å². The largest absolute Gasteiger partial charge is 0.481 e. The number of carboxylic acids is 1. The number of carboxylic acid groups (broad SMARTS) is 1. The first-order valence-electron chi connectivity index (χ1n) is 10.1. The molecule has 0 radical (unpaired) electrons. The number of carbonyl (C=O) groups is 1. The first kappa shape index (κ1) is 19.8. The van der Waals surface area contributed by atoms with Crippen LogP contribution in [0.4, 0.5) is 4.39 Å². The lowest BCUT2D eigenvalue weighted by Crippen LogP contribution is -2.49. The normalized spacial score (nSPS) is 14.6. The quantitative estimate of drug-likeness (QED) is 0.481. The molecule has 156 valence electrons. The van der Waals surface area contributed by atoms with Crippen LogP contribution in [0.15, 0.2) is 60.7 Å². The highest BCUT2D eigenvalue weighted by molar-refractivity contribution is 7.21. The molecule has 1 aliphatic heterocycles. The third kappa shape index (κ3) is 4.19. The molecule has 0 aliphatic carbocycles. The third-order valence-electron chi connectivity index (χ3n) is 5.52. The number of benzene rings is 2. The predicted molar refractivity (Wildman–Crippen MR) is 118 cm³/mol. The Hall–Kier alpha value is -3.16. The molecule has 3 heterocycles. The Bertz CT molecular complexity index is 1250. The molecule has 0 amide bonds. The fourth-order valence-electron chi connectivity index (χ4n) is 3.82. The number of likely N-dealkylation sites (tertiary alicyclic amines) is 1. The molecule has 31 heavy (non-hydrogen) atoms. The van der Waals surface area contributed by atoms with Crippen molar-refractivity contribution in [1.29, 1.82) is 0 Å². The summed E-state index contributed by atoms with van der Waals surface area (Å²) in [4.78, 5) is 22.2. The molecule has 0 spiro atoms. The molecule has 0 saturated carbocycles. The lowest BCUT2D eigenvalue weighted by atomic mass is 9.99.